The average molecular weight is 469 g/mol. The van der Waals surface area contributed by atoms with Gasteiger partial charge in [-0.25, -0.2) is 0 Å². The minimum Gasteiger partial charge on any atom is -0.489 e. The molecule has 0 radical (unpaired) electrons. The van der Waals surface area contributed by atoms with E-state index in [1.165, 1.54) is 0 Å². The third-order valence-corrected chi connectivity index (χ3v) is 6.03. The van der Waals surface area contributed by atoms with Gasteiger partial charge in [0.2, 0.25) is 0 Å². The number of carboxylic acids is 1. The Labute approximate surface area is 195 Å². The largest absolute Gasteiger partial charge is 0.489 e. The van der Waals surface area contributed by atoms with Crippen LogP contribution in [0.15, 0.2) is 72.9 Å². The van der Waals surface area contributed by atoms with Crippen LogP contribution in [0.5, 0.6) is 5.75 Å². The fourth-order valence-electron chi connectivity index (χ4n) is 3.58. The van der Waals surface area contributed by atoms with E-state index in [-0.39, 0.29) is 0 Å². The molecule has 3 N–H and O–H groups in total. The number of nitrogens with one attached hydrogen (secondary N) is 2. The SMILES string of the molecule is O=C(O)[C@@H](Cc1c[nH]c2ccccc12)NCc1ccccc1OCc1ccc(Cl)c(Cl)c1. The lowest BCUT2D eigenvalue weighted by molar-refractivity contribution is -0.139. The minimum absolute atomic E-state index is 0.325. The summed E-state index contributed by atoms with van der Waals surface area (Å²) in [4.78, 5) is 15.1. The quantitative estimate of drug-likeness (QED) is 0.288. The van der Waals surface area contributed by atoms with Gasteiger partial charge < -0.3 is 14.8 Å². The third kappa shape index (κ3) is 5.25. The fourth-order valence-corrected chi connectivity index (χ4v) is 3.90. The molecule has 5 nitrogen and oxygen atoms in total. The lowest BCUT2D eigenvalue weighted by Gasteiger charge is -2.17. The van der Waals surface area contributed by atoms with Crippen molar-refractivity contribution in [2.45, 2.75) is 25.6 Å². The van der Waals surface area contributed by atoms with E-state index in [0.29, 0.717) is 35.4 Å². The predicted octanol–water partition coefficient (Wildman–Crippen LogP) is 5.84. The molecule has 0 unspecified atom stereocenters. The molecule has 0 saturated heterocycles. The van der Waals surface area contributed by atoms with Gasteiger partial charge in [-0.05, 0) is 35.4 Å². The highest BCUT2D eigenvalue weighted by Crippen LogP contribution is 2.25. The number of carboxylic acid groups (broad SMARTS) is 1. The van der Waals surface area contributed by atoms with Crippen molar-refractivity contribution in [3.05, 3.63) is 99.7 Å². The molecule has 4 rings (SSSR count). The Bertz CT molecular complexity index is 1240. The van der Waals surface area contributed by atoms with E-state index in [2.05, 4.69) is 10.3 Å². The number of aromatic amines is 1. The van der Waals surface area contributed by atoms with Crippen LogP contribution in [0.25, 0.3) is 10.9 Å². The standard InChI is InChI=1S/C25H22Cl2N2O3/c26-20-10-9-16(11-21(20)27)15-32-24-8-4-1-5-17(24)13-29-23(25(30)31)12-18-14-28-22-7-3-2-6-19(18)22/h1-11,14,23,28-29H,12-13,15H2,(H,30,31)/t23-/m1/s1. The van der Waals surface area contributed by atoms with E-state index in [9.17, 15) is 9.90 Å². The van der Waals surface area contributed by atoms with Gasteiger partial charge in [0.1, 0.15) is 18.4 Å². The number of fused-ring (bicyclic) bond motifs is 1. The number of aliphatic carboxylic acids is 1. The highest BCUT2D eigenvalue weighted by Gasteiger charge is 2.20. The molecule has 0 aliphatic rings. The Morgan fingerprint density at radius 3 is 2.59 bits per heavy atom. The summed E-state index contributed by atoms with van der Waals surface area (Å²) < 4.78 is 5.98. The molecule has 32 heavy (non-hydrogen) atoms. The van der Waals surface area contributed by atoms with Crippen molar-refractivity contribution in [2.75, 3.05) is 0 Å². The van der Waals surface area contributed by atoms with Crippen molar-refractivity contribution in [2.24, 2.45) is 0 Å². The first kappa shape index (κ1) is 22.2. The van der Waals surface area contributed by atoms with Crippen LogP contribution in [-0.2, 0) is 24.4 Å². The average Bonchev–Trinajstić information content (AvgIpc) is 3.20. The molecule has 0 spiro atoms. The van der Waals surface area contributed by atoms with Crippen LogP contribution in [0.3, 0.4) is 0 Å². The number of halogens is 2. The summed E-state index contributed by atoms with van der Waals surface area (Å²) in [6.07, 6.45) is 2.24. The van der Waals surface area contributed by atoms with E-state index in [1.54, 1.807) is 12.1 Å². The first-order valence-electron chi connectivity index (χ1n) is 10.2. The number of para-hydroxylation sites is 2. The van der Waals surface area contributed by atoms with Crippen molar-refractivity contribution < 1.29 is 14.6 Å². The fraction of sp³-hybridized carbons (Fsp3) is 0.160. The Balaban J connectivity index is 1.43. The molecule has 0 aliphatic heterocycles. The first-order chi connectivity index (χ1) is 15.5. The van der Waals surface area contributed by atoms with Gasteiger partial charge in [0.25, 0.3) is 0 Å². The van der Waals surface area contributed by atoms with Gasteiger partial charge in [-0.3, -0.25) is 10.1 Å². The molecule has 7 heteroatoms. The van der Waals surface area contributed by atoms with E-state index < -0.39 is 12.0 Å². The zero-order chi connectivity index (χ0) is 22.5. The normalized spacial score (nSPS) is 12.1. The van der Waals surface area contributed by atoms with Crippen molar-refractivity contribution in [1.82, 2.24) is 10.3 Å². The smallest absolute Gasteiger partial charge is 0.321 e. The van der Waals surface area contributed by atoms with Crippen LogP contribution in [0, 0.1) is 0 Å². The number of H-pyrrole nitrogens is 1. The molecular formula is C25H22Cl2N2O3. The molecule has 3 aromatic carbocycles. The Morgan fingerprint density at radius 2 is 1.78 bits per heavy atom. The zero-order valence-corrected chi connectivity index (χ0v) is 18.7. The Morgan fingerprint density at radius 1 is 1.00 bits per heavy atom. The van der Waals surface area contributed by atoms with E-state index in [1.807, 2.05) is 60.8 Å². The second-order valence-corrected chi connectivity index (χ2v) is 8.29. The van der Waals surface area contributed by atoms with Gasteiger partial charge in [-0.1, -0.05) is 65.7 Å². The molecule has 0 fully saturated rings. The number of rotatable bonds is 9. The van der Waals surface area contributed by atoms with E-state index >= 15 is 0 Å². The van der Waals surface area contributed by atoms with Gasteiger partial charge in [0.05, 0.1) is 10.0 Å². The maximum atomic E-state index is 11.9. The number of benzene rings is 3. The van der Waals surface area contributed by atoms with Crippen molar-refractivity contribution in [1.29, 1.82) is 0 Å². The summed E-state index contributed by atoms with van der Waals surface area (Å²) in [5, 5.41) is 14.9. The molecule has 4 aromatic rings. The number of aromatic nitrogens is 1. The van der Waals surface area contributed by atoms with Gasteiger partial charge in [-0.2, -0.15) is 0 Å². The molecule has 164 valence electrons. The molecule has 1 atom stereocenters. The summed E-state index contributed by atoms with van der Waals surface area (Å²) >= 11 is 12.1. The van der Waals surface area contributed by atoms with Gasteiger partial charge in [0.15, 0.2) is 0 Å². The Hall–Kier alpha value is -2.99. The van der Waals surface area contributed by atoms with E-state index in [4.69, 9.17) is 27.9 Å². The van der Waals surface area contributed by atoms with Gasteiger partial charge >= 0.3 is 5.97 Å². The van der Waals surface area contributed by atoms with Gasteiger partial charge in [0, 0.05) is 35.6 Å². The molecular weight excluding hydrogens is 447 g/mol. The number of ether oxygens (including phenoxy) is 1. The molecule has 1 aromatic heterocycles. The lowest BCUT2D eigenvalue weighted by atomic mass is 10.0. The van der Waals surface area contributed by atoms with Crippen LogP contribution < -0.4 is 10.1 Å². The summed E-state index contributed by atoms with van der Waals surface area (Å²) in [7, 11) is 0. The van der Waals surface area contributed by atoms with Gasteiger partial charge in [-0.15, -0.1) is 0 Å². The topological polar surface area (TPSA) is 74.3 Å². The number of hydrogen-bond donors (Lipinski definition) is 3. The van der Waals surface area contributed by atoms with E-state index in [0.717, 1.165) is 27.6 Å². The maximum Gasteiger partial charge on any atom is 0.321 e. The summed E-state index contributed by atoms with van der Waals surface area (Å²) in [5.41, 5.74) is 3.72. The lowest BCUT2D eigenvalue weighted by Crippen LogP contribution is -2.38. The molecule has 0 aliphatic carbocycles. The van der Waals surface area contributed by atoms with Crippen molar-refractivity contribution in [3.8, 4) is 5.75 Å². The van der Waals surface area contributed by atoms with Crippen molar-refractivity contribution in [3.63, 3.8) is 0 Å². The molecule has 0 bridgehead atoms. The summed E-state index contributed by atoms with van der Waals surface area (Å²) in [5.74, 6) is -0.216. The first-order valence-corrected chi connectivity index (χ1v) is 10.9. The summed E-state index contributed by atoms with van der Waals surface area (Å²) in [6, 6.07) is 20.1. The molecule has 1 heterocycles. The minimum atomic E-state index is -0.899. The highest BCUT2D eigenvalue weighted by atomic mass is 35.5. The number of carbonyl (C=O) groups is 1. The maximum absolute atomic E-state index is 11.9. The zero-order valence-electron chi connectivity index (χ0n) is 17.1. The number of hydrogen-bond acceptors (Lipinski definition) is 3. The van der Waals surface area contributed by atoms with Crippen molar-refractivity contribution >= 4 is 40.1 Å². The van der Waals surface area contributed by atoms with Crippen LogP contribution >= 0.6 is 23.2 Å². The monoisotopic (exact) mass is 468 g/mol. The van der Waals surface area contributed by atoms with Crippen LogP contribution in [-0.4, -0.2) is 22.1 Å². The van der Waals surface area contributed by atoms with Crippen LogP contribution in [0.4, 0.5) is 0 Å². The summed E-state index contributed by atoms with van der Waals surface area (Å²) in [6.45, 7) is 0.683. The molecule has 0 amide bonds. The van der Waals surface area contributed by atoms with Crippen LogP contribution in [0.2, 0.25) is 10.0 Å². The second kappa shape index (κ2) is 10.1. The predicted molar refractivity (Wildman–Crippen MR) is 128 cm³/mol. The highest BCUT2D eigenvalue weighted by molar-refractivity contribution is 6.42. The second-order valence-electron chi connectivity index (χ2n) is 7.48. The Kier molecular flexibility index (Phi) is 7.00. The third-order valence-electron chi connectivity index (χ3n) is 5.29. The molecule has 0 saturated carbocycles. The van der Waals surface area contributed by atoms with Crippen LogP contribution in [0.1, 0.15) is 16.7 Å².